The summed E-state index contributed by atoms with van der Waals surface area (Å²) in [4.78, 5) is 0. The van der Waals surface area contributed by atoms with Gasteiger partial charge in [0.15, 0.2) is 0 Å². The van der Waals surface area contributed by atoms with Gasteiger partial charge in [-0.3, -0.25) is 0 Å². The van der Waals surface area contributed by atoms with Crippen molar-refractivity contribution in [3.05, 3.63) is 0 Å². The van der Waals surface area contributed by atoms with Crippen LogP contribution in [0.3, 0.4) is 0 Å². The van der Waals surface area contributed by atoms with E-state index in [1.165, 1.54) is 64.2 Å². The molecule has 0 amide bonds. The van der Waals surface area contributed by atoms with Gasteiger partial charge in [0.25, 0.3) is 0 Å². The molecule has 0 heterocycles. The SMILES string of the molecule is CCC(CCCC(C)C(C)(C)C)C(C)(C)C1CCC(C2CC(C)C(C)C(C)C2)CC1. The van der Waals surface area contributed by atoms with Crippen LogP contribution < -0.4 is 0 Å². The van der Waals surface area contributed by atoms with Gasteiger partial charge >= 0.3 is 0 Å². The van der Waals surface area contributed by atoms with Crippen LogP contribution >= 0.6 is 0 Å². The Hall–Kier alpha value is 0. The molecule has 2 rings (SSSR count). The molecule has 0 aromatic rings. The van der Waals surface area contributed by atoms with Crippen LogP contribution in [0.25, 0.3) is 0 Å². The van der Waals surface area contributed by atoms with Gasteiger partial charge in [0, 0.05) is 0 Å². The molecule has 2 saturated carbocycles. The Bertz CT molecular complexity index is 475. The van der Waals surface area contributed by atoms with Gasteiger partial charge in [-0.15, -0.1) is 0 Å². The second-order valence-corrected chi connectivity index (χ2v) is 13.8. The first-order valence-electron chi connectivity index (χ1n) is 13.9. The van der Waals surface area contributed by atoms with E-state index in [0.29, 0.717) is 10.8 Å². The van der Waals surface area contributed by atoms with Crippen LogP contribution in [0.2, 0.25) is 0 Å². The van der Waals surface area contributed by atoms with Crippen LogP contribution in [-0.2, 0) is 0 Å². The molecule has 4 atom stereocenters. The van der Waals surface area contributed by atoms with Crippen molar-refractivity contribution in [2.45, 2.75) is 133 Å². The maximum Gasteiger partial charge on any atom is -0.0298 e. The van der Waals surface area contributed by atoms with Gasteiger partial charge in [0.05, 0.1) is 0 Å². The number of hydrogen-bond donors (Lipinski definition) is 0. The predicted molar refractivity (Wildman–Crippen MR) is 136 cm³/mol. The minimum Gasteiger partial charge on any atom is -0.0651 e. The van der Waals surface area contributed by atoms with Gasteiger partial charge in [-0.05, 0) is 103 Å². The lowest BCUT2D eigenvalue weighted by atomic mass is 9.58. The topological polar surface area (TPSA) is 0 Å². The molecule has 30 heavy (non-hydrogen) atoms. The van der Waals surface area contributed by atoms with Gasteiger partial charge < -0.3 is 0 Å². The Labute approximate surface area is 191 Å². The van der Waals surface area contributed by atoms with E-state index < -0.39 is 0 Å². The van der Waals surface area contributed by atoms with Crippen LogP contribution in [0.15, 0.2) is 0 Å². The van der Waals surface area contributed by atoms with Crippen molar-refractivity contribution in [1.82, 2.24) is 0 Å². The molecule has 0 radical (unpaired) electrons. The Morgan fingerprint density at radius 1 is 0.767 bits per heavy atom. The normalized spacial score (nSPS) is 35.8. The van der Waals surface area contributed by atoms with Crippen molar-refractivity contribution < 1.29 is 0 Å². The molecule has 0 aromatic carbocycles. The lowest BCUT2D eigenvalue weighted by molar-refractivity contribution is 0.0291. The molecule has 0 nitrogen and oxygen atoms in total. The summed E-state index contributed by atoms with van der Waals surface area (Å²) in [5, 5.41) is 0. The highest BCUT2D eigenvalue weighted by Gasteiger charge is 2.41. The molecular weight excluding hydrogens is 360 g/mol. The zero-order chi connectivity index (χ0) is 22.7. The molecule has 0 saturated heterocycles. The quantitative estimate of drug-likeness (QED) is 0.368. The summed E-state index contributed by atoms with van der Waals surface area (Å²) in [6, 6.07) is 0. The molecule has 2 aliphatic rings. The Morgan fingerprint density at radius 3 is 1.77 bits per heavy atom. The zero-order valence-electron chi connectivity index (χ0n) is 22.7. The summed E-state index contributed by atoms with van der Waals surface area (Å²) in [6.07, 6.45) is 14.7. The average molecular weight is 419 g/mol. The Morgan fingerprint density at radius 2 is 1.30 bits per heavy atom. The molecule has 0 heteroatoms. The molecule has 178 valence electrons. The van der Waals surface area contributed by atoms with Crippen molar-refractivity contribution in [3.63, 3.8) is 0 Å². The highest BCUT2D eigenvalue weighted by molar-refractivity contribution is 4.91. The van der Waals surface area contributed by atoms with E-state index in [1.807, 2.05) is 0 Å². The van der Waals surface area contributed by atoms with Crippen LogP contribution in [0, 0.1) is 58.2 Å². The van der Waals surface area contributed by atoms with E-state index in [-0.39, 0.29) is 0 Å². The summed E-state index contributed by atoms with van der Waals surface area (Å²) in [5.74, 6) is 7.55. The van der Waals surface area contributed by atoms with Gasteiger partial charge in [0.2, 0.25) is 0 Å². The minimum absolute atomic E-state index is 0.460. The standard InChI is InChI=1S/C30H58/c1-11-27(14-12-13-23(4)29(6,7)8)30(9,10)28-17-15-25(16-18-28)26-19-21(2)24(5)22(3)20-26/h21-28H,11-20H2,1-10H3. The third-order valence-electron chi connectivity index (χ3n) is 10.8. The summed E-state index contributed by atoms with van der Waals surface area (Å²) in [6.45, 7) is 24.9. The van der Waals surface area contributed by atoms with E-state index in [0.717, 1.165) is 47.3 Å². The fourth-order valence-electron chi connectivity index (χ4n) is 7.30. The Kier molecular flexibility index (Phi) is 9.40. The second kappa shape index (κ2) is 10.7. The fourth-order valence-corrected chi connectivity index (χ4v) is 7.30. The number of rotatable bonds is 8. The monoisotopic (exact) mass is 418 g/mol. The summed E-state index contributed by atoms with van der Waals surface area (Å²) in [7, 11) is 0. The van der Waals surface area contributed by atoms with Gasteiger partial charge in [0.1, 0.15) is 0 Å². The van der Waals surface area contributed by atoms with Gasteiger partial charge in [-0.2, -0.15) is 0 Å². The first kappa shape index (κ1) is 26.3. The molecule has 4 unspecified atom stereocenters. The summed E-state index contributed by atoms with van der Waals surface area (Å²) >= 11 is 0. The third-order valence-corrected chi connectivity index (χ3v) is 10.8. The lowest BCUT2D eigenvalue weighted by Crippen LogP contribution is -2.38. The third kappa shape index (κ3) is 6.51. The zero-order valence-corrected chi connectivity index (χ0v) is 22.7. The highest BCUT2D eigenvalue weighted by atomic mass is 14.5. The highest BCUT2D eigenvalue weighted by Crippen LogP contribution is 2.51. The van der Waals surface area contributed by atoms with Gasteiger partial charge in [-0.1, -0.05) is 88.5 Å². The van der Waals surface area contributed by atoms with Crippen LogP contribution in [0.5, 0.6) is 0 Å². The summed E-state index contributed by atoms with van der Waals surface area (Å²) < 4.78 is 0. The minimum atomic E-state index is 0.460. The molecule has 0 N–H and O–H groups in total. The largest absolute Gasteiger partial charge is 0.0651 e. The Balaban J connectivity index is 1.86. The molecular formula is C30H58. The predicted octanol–water partition coefficient (Wildman–Crippen LogP) is 10.0. The maximum absolute atomic E-state index is 2.63. The molecule has 2 fully saturated rings. The first-order chi connectivity index (χ1) is 13.9. The fraction of sp³-hybridized carbons (Fsp3) is 1.00. The van der Waals surface area contributed by atoms with Crippen molar-refractivity contribution in [3.8, 4) is 0 Å². The molecule has 2 aliphatic carbocycles. The first-order valence-corrected chi connectivity index (χ1v) is 13.9. The van der Waals surface area contributed by atoms with E-state index in [1.54, 1.807) is 0 Å². The molecule has 0 bridgehead atoms. The van der Waals surface area contributed by atoms with Crippen molar-refractivity contribution in [1.29, 1.82) is 0 Å². The second-order valence-electron chi connectivity index (χ2n) is 13.8. The van der Waals surface area contributed by atoms with E-state index in [9.17, 15) is 0 Å². The van der Waals surface area contributed by atoms with Crippen LogP contribution in [0.4, 0.5) is 0 Å². The van der Waals surface area contributed by atoms with E-state index in [2.05, 4.69) is 69.2 Å². The van der Waals surface area contributed by atoms with Crippen molar-refractivity contribution in [2.75, 3.05) is 0 Å². The van der Waals surface area contributed by atoms with E-state index >= 15 is 0 Å². The maximum atomic E-state index is 2.63. The smallest absolute Gasteiger partial charge is 0.0298 e. The van der Waals surface area contributed by atoms with Crippen LogP contribution in [0.1, 0.15) is 133 Å². The molecule has 0 aromatic heterocycles. The van der Waals surface area contributed by atoms with Gasteiger partial charge in [-0.25, -0.2) is 0 Å². The van der Waals surface area contributed by atoms with Crippen molar-refractivity contribution >= 4 is 0 Å². The average Bonchev–Trinajstić information content (AvgIpc) is 2.68. The lowest BCUT2D eigenvalue weighted by Gasteiger charge is -2.47. The molecule has 0 aliphatic heterocycles. The van der Waals surface area contributed by atoms with E-state index in [4.69, 9.17) is 0 Å². The molecule has 0 spiro atoms. The van der Waals surface area contributed by atoms with Crippen LogP contribution in [-0.4, -0.2) is 0 Å². The summed E-state index contributed by atoms with van der Waals surface area (Å²) in [5.41, 5.74) is 0.980. The van der Waals surface area contributed by atoms with Crippen molar-refractivity contribution in [2.24, 2.45) is 58.2 Å². The number of hydrogen-bond acceptors (Lipinski definition) is 0.